The molecule has 8 nitrogen and oxygen atoms in total. The van der Waals surface area contributed by atoms with Crippen molar-refractivity contribution in [1.29, 1.82) is 0 Å². The second-order valence-electron chi connectivity index (χ2n) is 8.96. The number of aryl methyl sites for hydroxylation is 2. The Morgan fingerprint density at radius 3 is 2.43 bits per heavy atom. The summed E-state index contributed by atoms with van der Waals surface area (Å²) in [6, 6.07) is 11.1. The molecule has 0 amide bonds. The summed E-state index contributed by atoms with van der Waals surface area (Å²) < 4.78 is 39.5. The number of rotatable bonds is 11. The van der Waals surface area contributed by atoms with Gasteiger partial charge in [0, 0.05) is 18.2 Å². The lowest BCUT2D eigenvalue weighted by Crippen LogP contribution is -2.33. The van der Waals surface area contributed by atoms with E-state index in [0.717, 1.165) is 16.5 Å². The highest BCUT2D eigenvalue weighted by molar-refractivity contribution is 7.92. The van der Waals surface area contributed by atoms with Gasteiger partial charge in [-0.15, -0.1) is 4.47 Å². The van der Waals surface area contributed by atoms with Crippen LogP contribution in [-0.4, -0.2) is 39.0 Å². The summed E-state index contributed by atoms with van der Waals surface area (Å²) in [6.45, 7) is 9.39. The summed E-state index contributed by atoms with van der Waals surface area (Å²) in [5, 5.41) is 14.1. The zero-order valence-corrected chi connectivity index (χ0v) is 22.0. The fourth-order valence-corrected chi connectivity index (χ4v) is 5.64. The van der Waals surface area contributed by atoms with E-state index in [-0.39, 0.29) is 30.6 Å². The maximum absolute atomic E-state index is 14.1. The Balaban J connectivity index is 2.20. The predicted octanol–water partition coefficient (Wildman–Crippen LogP) is 4.73. The Morgan fingerprint density at radius 2 is 1.83 bits per heavy atom. The number of nitrogens with zero attached hydrogens (tertiary/aromatic N) is 2. The topological polar surface area (TPSA) is 102 Å². The maximum Gasteiger partial charge on any atom is 0.290 e. The Labute approximate surface area is 207 Å². The maximum atomic E-state index is 14.1. The summed E-state index contributed by atoms with van der Waals surface area (Å²) in [6.07, 6.45) is 0.859. The Bertz CT molecular complexity index is 1270. The number of hydrogen-bond acceptors (Lipinski definition) is 7. The Morgan fingerprint density at radius 1 is 1.09 bits per heavy atom. The summed E-state index contributed by atoms with van der Waals surface area (Å²) in [7, 11) is -2.76. The minimum atomic E-state index is -4.27. The number of aliphatic hydroxyl groups is 1. The lowest BCUT2D eigenvalue weighted by atomic mass is 9.94. The molecule has 0 unspecified atom stereocenters. The SMILES string of the molecule is COCCON(c1onc(C)c1C)S(=O)(=O)c1c(C)cccc1-c1ccc(CC(C)C)cc1CO. The molecule has 35 heavy (non-hydrogen) atoms. The third-order valence-corrected chi connectivity index (χ3v) is 7.52. The molecule has 0 aliphatic carbocycles. The van der Waals surface area contributed by atoms with Crippen LogP contribution in [0, 0.1) is 26.7 Å². The molecule has 0 radical (unpaired) electrons. The number of ether oxygens (including phenoxy) is 1. The summed E-state index contributed by atoms with van der Waals surface area (Å²) in [5.41, 5.74) is 4.50. The van der Waals surface area contributed by atoms with Gasteiger partial charge in [0.05, 0.1) is 25.5 Å². The second-order valence-corrected chi connectivity index (χ2v) is 10.6. The van der Waals surface area contributed by atoms with Gasteiger partial charge in [0.1, 0.15) is 4.90 Å². The molecule has 1 heterocycles. The van der Waals surface area contributed by atoms with E-state index in [1.165, 1.54) is 7.11 Å². The molecule has 0 aliphatic heterocycles. The summed E-state index contributed by atoms with van der Waals surface area (Å²) in [4.78, 5) is 5.75. The van der Waals surface area contributed by atoms with Crippen LogP contribution >= 0.6 is 0 Å². The van der Waals surface area contributed by atoms with Crippen molar-refractivity contribution in [3.8, 4) is 11.1 Å². The molecule has 0 aliphatic rings. The number of methoxy groups -OCH3 is 1. The lowest BCUT2D eigenvalue weighted by molar-refractivity contribution is 0.0727. The number of aromatic nitrogens is 1. The lowest BCUT2D eigenvalue weighted by Gasteiger charge is -2.24. The molecule has 1 N–H and O–H groups in total. The first-order valence-electron chi connectivity index (χ1n) is 11.5. The first kappa shape index (κ1) is 26.9. The molecular weight excluding hydrogens is 468 g/mol. The van der Waals surface area contributed by atoms with E-state index in [2.05, 4.69) is 19.0 Å². The fourth-order valence-electron chi connectivity index (χ4n) is 3.94. The van der Waals surface area contributed by atoms with E-state index in [1.54, 1.807) is 39.0 Å². The normalized spacial score (nSPS) is 11.9. The molecule has 0 atom stereocenters. The van der Waals surface area contributed by atoms with Gasteiger partial charge in [-0.1, -0.05) is 55.4 Å². The van der Waals surface area contributed by atoms with Crippen LogP contribution in [0.1, 0.15) is 41.8 Å². The number of sulfonamides is 1. The molecule has 0 saturated carbocycles. The molecule has 0 fully saturated rings. The highest BCUT2D eigenvalue weighted by Crippen LogP contribution is 2.37. The number of aliphatic hydroxyl groups excluding tert-OH is 1. The fraction of sp³-hybridized carbons (Fsp3) is 0.423. The molecule has 0 spiro atoms. The largest absolute Gasteiger partial charge is 0.392 e. The van der Waals surface area contributed by atoms with Crippen molar-refractivity contribution >= 4 is 15.9 Å². The molecular formula is C26H34N2O6S. The predicted molar refractivity (Wildman–Crippen MR) is 135 cm³/mol. The zero-order valence-electron chi connectivity index (χ0n) is 21.2. The Kier molecular flexibility index (Phi) is 8.71. The third-order valence-electron chi connectivity index (χ3n) is 5.76. The number of anilines is 1. The first-order chi connectivity index (χ1) is 16.6. The molecule has 9 heteroatoms. The standard InChI is InChI=1S/C26H34N2O6S/c1-17(2)14-21-10-11-23(22(15-21)16-29)24-9-7-8-18(3)25(24)35(30,31)28(33-13-12-32-6)26-19(4)20(5)27-34-26/h7-11,15,17,29H,12-14,16H2,1-6H3. The van der Waals surface area contributed by atoms with Crippen molar-refractivity contribution < 1.29 is 27.6 Å². The van der Waals surface area contributed by atoms with Gasteiger partial charge in [0.25, 0.3) is 15.9 Å². The van der Waals surface area contributed by atoms with Gasteiger partial charge >= 0.3 is 0 Å². The van der Waals surface area contributed by atoms with Crippen LogP contribution in [0.2, 0.25) is 0 Å². The molecule has 0 saturated heterocycles. The van der Waals surface area contributed by atoms with Gasteiger partial charge in [0.15, 0.2) is 0 Å². The van der Waals surface area contributed by atoms with E-state index in [9.17, 15) is 13.5 Å². The van der Waals surface area contributed by atoms with Gasteiger partial charge in [-0.05, 0) is 55.4 Å². The Hall–Kier alpha value is -2.72. The molecule has 0 bridgehead atoms. The quantitative estimate of drug-likeness (QED) is 0.299. The monoisotopic (exact) mass is 502 g/mol. The molecule has 1 aromatic heterocycles. The molecule has 3 aromatic rings. The van der Waals surface area contributed by atoms with Crippen molar-refractivity contribution in [3.05, 3.63) is 64.3 Å². The average molecular weight is 503 g/mol. The zero-order chi connectivity index (χ0) is 25.8. The summed E-state index contributed by atoms with van der Waals surface area (Å²) >= 11 is 0. The number of benzene rings is 2. The van der Waals surface area contributed by atoms with Crippen LogP contribution in [-0.2, 0) is 32.6 Å². The van der Waals surface area contributed by atoms with Crippen LogP contribution in [0.15, 0.2) is 45.8 Å². The molecule has 2 aromatic carbocycles. The van der Waals surface area contributed by atoms with Crippen LogP contribution in [0.3, 0.4) is 0 Å². The van der Waals surface area contributed by atoms with Crippen molar-refractivity contribution in [2.45, 2.75) is 52.5 Å². The van der Waals surface area contributed by atoms with Crippen LogP contribution in [0.25, 0.3) is 11.1 Å². The molecule has 3 rings (SSSR count). The smallest absolute Gasteiger partial charge is 0.290 e. The van der Waals surface area contributed by atoms with E-state index < -0.39 is 10.0 Å². The van der Waals surface area contributed by atoms with Crippen LogP contribution < -0.4 is 4.47 Å². The third kappa shape index (κ3) is 5.75. The number of hydrogen-bond donors (Lipinski definition) is 1. The van der Waals surface area contributed by atoms with Gasteiger partial charge in [0.2, 0.25) is 0 Å². The van der Waals surface area contributed by atoms with Crippen molar-refractivity contribution in [3.63, 3.8) is 0 Å². The van der Waals surface area contributed by atoms with E-state index >= 15 is 0 Å². The summed E-state index contributed by atoms with van der Waals surface area (Å²) in [5.74, 6) is 0.441. The first-order valence-corrected chi connectivity index (χ1v) is 13.0. The van der Waals surface area contributed by atoms with E-state index in [1.807, 2.05) is 18.2 Å². The van der Waals surface area contributed by atoms with Gasteiger partial charge in [-0.25, -0.2) is 0 Å². The highest BCUT2D eigenvalue weighted by Gasteiger charge is 2.35. The minimum absolute atomic E-state index is 0.0116. The van der Waals surface area contributed by atoms with E-state index in [0.29, 0.717) is 39.4 Å². The van der Waals surface area contributed by atoms with Crippen LogP contribution in [0.4, 0.5) is 5.88 Å². The average Bonchev–Trinajstić information content (AvgIpc) is 3.13. The van der Waals surface area contributed by atoms with Crippen molar-refractivity contribution in [1.82, 2.24) is 5.16 Å². The minimum Gasteiger partial charge on any atom is -0.392 e. The van der Waals surface area contributed by atoms with Crippen LogP contribution in [0.5, 0.6) is 0 Å². The van der Waals surface area contributed by atoms with Crippen molar-refractivity contribution in [2.24, 2.45) is 5.92 Å². The van der Waals surface area contributed by atoms with Crippen molar-refractivity contribution in [2.75, 3.05) is 24.8 Å². The van der Waals surface area contributed by atoms with Gasteiger partial charge < -0.3 is 14.4 Å². The van der Waals surface area contributed by atoms with E-state index in [4.69, 9.17) is 14.1 Å². The highest BCUT2D eigenvalue weighted by atomic mass is 32.2. The second kappa shape index (κ2) is 11.3. The molecule has 190 valence electrons. The van der Waals surface area contributed by atoms with Gasteiger partial charge in [-0.2, -0.15) is 8.42 Å². The van der Waals surface area contributed by atoms with Gasteiger partial charge in [-0.3, -0.25) is 4.84 Å².